The number of guanidine groups is 1. The molecule has 0 N–H and O–H groups in total. The maximum absolute atomic E-state index is 13.3. The Bertz CT molecular complexity index is 1010. The summed E-state index contributed by atoms with van der Waals surface area (Å²) in [6, 6.07) is 17.5. The summed E-state index contributed by atoms with van der Waals surface area (Å²) >= 11 is 0. The fourth-order valence-corrected chi connectivity index (χ4v) is 3.84. The van der Waals surface area contributed by atoms with Gasteiger partial charge in [0.1, 0.15) is 11.4 Å². The molecule has 5 heteroatoms. The number of likely N-dealkylation sites (N-methyl/N-ethyl adjacent to an activating group) is 1. The zero-order valence-corrected chi connectivity index (χ0v) is 15.2. The van der Waals surface area contributed by atoms with Gasteiger partial charge in [-0.3, -0.25) is 4.79 Å². The molecule has 27 heavy (non-hydrogen) atoms. The van der Waals surface area contributed by atoms with Gasteiger partial charge in [0.05, 0.1) is 5.57 Å². The number of carbonyl (C=O) groups is 1. The Hall–Kier alpha value is -3.05. The van der Waals surface area contributed by atoms with E-state index >= 15 is 0 Å². The van der Waals surface area contributed by atoms with Crippen LogP contribution in [0.15, 0.2) is 70.3 Å². The summed E-state index contributed by atoms with van der Waals surface area (Å²) in [5.74, 6) is 0.750. The average Bonchev–Trinajstić information content (AvgIpc) is 3.15. The van der Waals surface area contributed by atoms with Crippen molar-refractivity contribution in [3.05, 3.63) is 77.0 Å². The monoisotopic (exact) mass is 356 g/mol. The summed E-state index contributed by atoms with van der Waals surface area (Å²) in [5.41, 5.74) is 4.65. The summed E-state index contributed by atoms with van der Waals surface area (Å²) in [4.78, 5) is 27.5. The van der Waals surface area contributed by atoms with Crippen molar-refractivity contribution in [1.29, 1.82) is 0 Å². The minimum Gasteiger partial charge on any atom is -0.338 e. The molecule has 3 aliphatic rings. The van der Waals surface area contributed by atoms with Crippen LogP contribution in [0, 0.1) is 0 Å². The lowest BCUT2D eigenvalue weighted by Crippen LogP contribution is -2.46. The van der Waals surface area contributed by atoms with E-state index in [4.69, 9.17) is 9.98 Å². The van der Waals surface area contributed by atoms with Crippen LogP contribution in [0.25, 0.3) is 5.57 Å². The molecule has 1 fully saturated rings. The number of benzene rings is 2. The lowest BCUT2D eigenvalue weighted by atomic mass is 9.84. The highest BCUT2D eigenvalue weighted by atomic mass is 16.1. The summed E-state index contributed by atoms with van der Waals surface area (Å²) in [7, 11) is 2.13. The van der Waals surface area contributed by atoms with Gasteiger partial charge in [0, 0.05) is 37.3 Å². The predicted molar refractivity (Wildman–Crippen MR) is 107 cm³/mol. The summed E-state index contributed by atoms with van der Waals surface area (Å²) in [5, 5.41) is 0. The number of nitrogens with zero attached hydrogens (tertiary/aromatic N) is 4. The Morgan fingerprint density at radius 1 is 0.815 bits per heavy atom. The van der Waals surface area contributed by atoms with Crippen molar-refractivity contribution >= 4 is 23.0 Å². The maximum Gasteiger partial charge on any atom is 0.226 e. The number of rotatable bonds is 1. The molecule has 0 saturated carbocycles. The highest BCUT2D eigenvalue weighted by molar-refractivity contribution is 6.43. The predicted octanol–water partition coefficient (Wildman–Crippen LogP) is 2.70. The molecule has 2 aromatic carbocycles. The molecule has 0 aromatic heterocycles. The third-order valence-corrected chi connectivity index (χ3v) is 5.39. The average molecular weight is 356 g/mol. The van der Waals surface area contributed by atoms with Crippen LogP contribution in [-0.2, 0) is 0 Å². The van der Waals surface area contributed by atoms with Crippen LogP contribution in [0.2, 0.25) is 0 Å². The summed E-state index contributed by atoms with van der Waals surface area (Å²) in [6.07, 6.45) is 0. The number of carbonyl (C=O) groups excluding carboxylic acids is 1. The van der Waals surface area contributed by atoms with E-state index in [0.29, 0.717) is 16.8 Å². The van der Waals surface area contributed by atoms with Crippen LogP contribution in [-0.4, -0.2) is 60.5 Å². The number of Topliss-reactive ketones (excluding diaryl/α,β-unsaturated/α-hetero) is 1. The lowest BCUT2D eigenvalue weighted by Gasteiger charge is -2.32. The zero-order valence-electron chi connectivity index (χ0n) is 15.2. The van der Waals surface area contributed by atoms with Crippen molar-refractivity contribution < 1.29 is 4.79 Å². The largest absolute Gasteiger partial charge is 0.338 e. The number of allylic oxidation sites excluding steroid dienone is 2. The molecule has 0 unspecified atom stereocenters. The Morgan fingerprint density at radius 2 is 1.48 bits per heavy atom. The van der Waals surface area contributed by atoms with Crippen LogP contribution in [0.5, 0.6) is 0 Å². The standard InChI is InChI=1S/C22H20N4O/c1-25-11-13-26(14-12-25)22-23-19-16-9-5-6-10-17(16)21(27)18(20(19)24-22)15-7-3-2-4-8-15/h2-10H,11-14H2,1H3. The van der Waals surface area contributed by atoms with Crippen molar-refractivity contribution in [2.75, 3.05) is 33.2 Å². The number of hydrogen-bond acceptors (Lipinski definition) is 5. The molecule has 0 radical (unpaired) electrons. The van der Waals surface area contributed by atoms with E-state index in [2.05, 4.69) is 16.8 Å². The Morgan fingerprint density at radius 3 is 2.22 bits per heavy atom. The number of aliphatic imine (C=N–C) groups is 2. The zero-order chi connectivity index (χ0) is 18.4. The second kappa shape index (κ2) is 6.28. The van der Waals surface area contributed by atoms with Crippen molar-refractivity contribution in [3.8, 4) is 0 Å². The highest BCUT2D eigenvalue weighted by Gasteiger charge is 2.35. The Balaban J connectivity index is 1.67. The van der Waals surface area contributed by atoms with Gasteiger partial charge in [0.2, 0.25) is 5.96 Å². The normalized spacial score (nSPS) is 19.6. The van der Waals surface area contributed by atoms with Crippen molar-refractivity contribution in [3.63, 3.8) is 0 Å². The van der Waals surface area contributed by atoms with Gasteiger partial charge in [-0.25, -0.2) is 9.98 Å². The molecule has 1 saturated heterocycles. The van der Waals surface area contributed by atoms with E-state index in [0.717, 1.165) is 49.0 Å². The SMILES string of the molecule is CN1CCN(C2=NC3=C(c4ccccc4)C(=O)c4ccccc4C3=N2)CC1. The smallest absolute Gasteiger partial charge is 0.226 e. The molecule has 0 atom stereocenters. The second-order valence-electron chi connectivity index (χ2n) is 7.13. The molecule has 0 bridgehead atoms. The number of ketones is 1. The van der Waals surface area contributed by atoms with Crippen LogP contribution >= 0.6 is 0 Å². The molecule has 2 aliphatic heterocycles. The van der Waals surface area contributed by atoms with Gasteiger partial charge < -0.3 is 9.80 Å². The van der Waals surface area contributed by atoms with Crippen LogP contribution in [0.3, 0.4) is 0 Å². The molecule has 0 amide bonds. The molecule has 5 nitrogen and oxygen atoms in total. The highest BCUT2D eigenvalue weighted by Crippen LogP contribution is 2.36. The molecule has 5 rings (SSSR count). The first-order valence-electron chi connectivity index (χ1n) is 9.27. The lowest BCUT2D eigenvalue weighted by molar-refractivity contribution is 0.105. The van der Waals surface area contributed by atoms with Crippen LogP contribution in [0.4, 0.5) is 0 Å². The number of fused-ring (bicyclic) bond motifs is 3. The third kappa shape index (κ3) is 2.62. The third-order valence-electron chi connectivity index (χ3n) is 5.39. The van der Waals surface area contributed by atoms with Crippen LogP contribution < -0.4 is 0 Å². The van der Waals surface area contributed by atoms with E-state index in [9.17, 15) is 4.79 Å². The molecule has 2 heterocycles. The molecular formula is C22H20N4O. The fraction of sp³-hybridized carbons (Fsp3) is 0.227. The van der Waals surface area contributed by atoms with Gasteiger partial charge in [-0.1, -0.05) is 54.6 Å². The molecule has 1 aliphatic carbocycles. The molecule has 134 valence electrons. The van der Waals surface area contributed by atoms with Gasteiger partial charge in [-0.05, 0) is 12.6 Å². The van der Waals surface area contributed by atoms with E-state index < -0.39 is 0 Å². The first kappa shape index (κ1) is 16.1. The number of piperazine rings is 1. The van der Waals surface area contributed by atoms with Gasteiger partial charge >= 0.3 is 0 Å². The molecular weight excluding hydrogens is 336 g/mol. The minimum atomic E-state index is 0.0223. The second-order valence-corrected chi connectivity index (χ2v) is 7.13. The first-order valence-corrected chi connectivity index (χ1v) is 9.27. The Kier molecular flexibility index (Phi) is 3.76. The van der Waals surface area contributed by atoms with E-state index in [1.165, 1.54) is 0 Å². The fourth-order valence-electron chi connectivity index (χ4n) is 3.84. The molecule has 0 spiro atoms. The van der Waals surface area contributed by atoms with Gasteiger partial charge in [0.25, 0.3) is 0 Å². The summed E-state index contributed by atoms with van der Waals surface area (Å²) in [6.45, 7) is 3.78. The van der Waals surface area contributed by atoms with E-state index in [1.807, 2.05) is 54.6 Å². The topological polar surface area (TPSA) is 48.3 Å². The number of hydrogen-bond donors (Lipinski definition) is 0. The van der Waals surface area contributed by atoms with Crippen LogP contribution in [0.1, 0.15) is 21.5 Å². The maximum atomic E-state index is 13.3. The van der Waals surface area contributed by atoms with Gasteiger partial charge in [0.15, 0.2) is 5.78 Å². The van der Waals surface area contributed by atoms with Gasteiger partial charge in [-0.15, -0.1) is 0 Å². The quantitative estimate of drug-likeness (QED) is 0.789. The van der Waals surface area contributed by atoms with Crippen molar-refractivity contribution in [2.45, 2.75) is 0 Å². The van der Waals surface area contributed by atoms with Crippen molar-refractivity contribution in [2.24, 2.45) is 9.98 Å². The Labute approximate surface area is 158 Å². The summed E-state index contributed by atoms with van der Waals surface area (Å²) < 4.78 is 0. The van der Waals surface area contributed by atoms with Crippen molar-refractivity contribution in [1.82, 2.24) is 9.80 Å². The van der Waals surface area contributed by atoms with Gasteiger partial charge in [-0.2, -0.15) is 0 Å². The first-order chi connectivity index (χ1) is 13.2. The minimum absolute atomic E-state index is 0.0223. The van der Waals surface area contributed by atoms with E-state index in [1.54, 1.807) is 0 Å². The molecule has 2 aromatic rings. The van der Waals surface area contributed by atoms with E-state index in [-0.39, 0.29) is 5.78 Å².